The van der Waals surface area contributed by atoms with E-state index in [4.69, 9.17) is 0 Å². The van der Waals surface area contributed by atoms with Gasteiger partial charge in [0.2, 0.25) is 0 Å². The van der Waals surface area contributed by atoms with Crippen molar-refractivity contribution in [1.82, 2.24) is 5.32 Å². The second-order valence-corrected chi connectivity index (χ2v) is 6.42. The Balaban J connectivity index is 1.83. The molecular weight excluding hydrogens is 264 g/mol. The Morgan fingerprint density at radius 3 is 2.52 bits per heavy atom. The zero-order valence-electron chi connectivity index (χ0n) is 13.2. The van der Waals surface area contributed by atoms with Crippen molar-refractivity contribution in [2.45, 2.75) is 51.1 Å². The van der Waals surface area contributed by atoms with Crippen LogP contribution >= 0.6 is 0 Å². The summed E-state index contributed by atoms with van der Waals surface area (Å²) in [5.41, 5.74) is 1.63. The molecule has 4 nitrogen and oxygen atoms in total. The molecule has 116 valence electrons. The number of aryl methyl sites for hydroxylation is 1. The fourth-order valence-electron chi connectivity index (χ4n) is 2.52. The molecule has 2 N–H and O–H groups in total. The van der Waals surface area contributed by atoms with Gasteiger partial charge in [-0.3, -0.25) is 10.1 Å². The molecule has 0 heterocycles. The van der Waals surface area contributed by atoms with Crippen LogP contribution in [0.4, 0.5) is 5.69 Å². The van der Waals surface area contributed by atoms with Gasteiger partial charge in [-0.1, -0.05) is 17.7 Å². The molecule has 0 aliphatic heterocycles. The summed E-state index contributed by atoms with van der Waals surface area (Å²) >= 11 is 0. The van der Waals surface area contributed by atoms with Gasteiger partial charge in [0.05, 0.1) is 0 Å². The van der Waals surface area contributed by atoms with Crippen LogP contribution in [0.25, 0.3) is 0 Å². The number of carboxylic acids is 1. The maximum absolute atomic E-state index is 11.5. The fraction of sp³-hybridized carbons (Fsp3) is 0.588. The van der Waals surface area contributed by atoms with Crippen LogP contribution in [-0.4, -0.2) is 36.2 Å². The molecule has 0 spiro atoms. The van der Waals surface area contributed by atoms with Crippen molar-refractivity contribution < 1.29 is 9.90 Å². The third kappa shape index (κ3) is 4.46. The van der Waals surface area contributed by atoms with Gasteiger partial charge < -0.3 is 10.0 Å². The maximum Gasteiger partial charge on any atom is 0.323 e. The third-order valence-electron chi connectivity index (χ3n) is 4.22. The lowest BCUT2D eigenvalue weighted by Crippen LogP contribution is -2.50. The molecule has 2 rings (SSSR count). The number of rotatable bonds is 8. The number of benzene rings is 1. The van der Waals surface area contributed by atoms with Gasteiger partial charge in [0.1, 0.15) is 5.54 Å². The lowest BCUT2D eigenvalue weighted by molar-refractivity contribution is -0.144. The number of nitrogens with zero attached hydrogens (tertiary/aromatic N) is 1. The van der Waals surface area contributed by atoms with Crippen LogP contribution < -0.4 is 10.2 Å². The molecule has 1 aliphatic rings. The van der Waals surface area contributed by atoms with E-state index in [2.05, 4.69) is 48.5 Å². The Hall–Kier alpha value is -1.55. The number of nitrogens with one attached hydrogen (secondary N) is 1. The minimum absolute atomic E-state index is 0.404. The molecule has 1 atom stereocenters. The number of aliphatic carboxylic acids is 1. The summed E-state index contributed by atoms with van der Waals surface area (Å²) in [6.45, 7) is 4.74. The van der Waals surface area contributed by atoms with Crippen LogP contribution in [0, 0.1) is 6.92 Å². The summed E-state index contributed by atoms with van der Waals surface area (Å²) < 4.78 is 0. The van der Waals surface area contributed by atoms with Crippen molar-refractivity contribution in [3.63, 3.8) is 0 Å². The van der Waals surface area contributed by atoms with E-state index in [0.29, 0.717) is 12.5 Å². The molecule has 0 aromatic heterocycles. The number of carbonyl (C=O) groups is 1. The molecule has 0 radical (unpaired) electrons. The number of hydrogen-bond acceptors (Lipinski definition) is 3. The van der Waals surface area contributed by atoms with Crippen molar-refractivity contribution in [1.29, 1.82) is 0 Å². The van der Waals surface area contributed by atoms with E-state index < -0.39 is 11.5 Å². The zero-order chi connectivity index (χ0) is 15.5. The van der Waals surface area contributed by atoms with E-state index in [1.54, 1.807) is 6.92 Å². The zero-order valence-corrected chi connectivity index (χ0v) is 13.2. The van der Waals surface area contributed by atoms with Gasteiger partial charge in [0, 0.05) is 25.3 Å². The molecule has 1 aliphatic carbocycles. The van der Waals surface area contributed by atoms with Crippen molar-refractivity contribution >= 4 is 11.7 Å². The average Bonchev–Trinajstić information content (AvgIpc) is 3.23. The molecule has 0 saturated heterocycles. The molecule has 1 unspecified atom stereocenters. The molecular formula is C17H26N2O2. The minimum atomic E-state index is -0.796. The summed E-state index contributed by atoms with van der Waals surface area (Å²) in [6, 6.07) is 8.81. The van der Waals surface area contributed by atoms with Crippen molar-refractivity contribution in [3.8, 4) is 0 Å². The van der Waals surface area contributed by atoms with E-state index in [0.717, 1.165) is 25.8 Å². The number of hydrogen-bond donors (Lipinski definition) is 2. The Morgan fingerprint density at radius 2 is 2.00 bits per heavy atom. The smallest absolute Gasteiger partial charge is 0.323 e. The summed E-state index contributed by atoms with van der Waals surface area (Å²) in [6.07, 6.45) is 3.71. The second-order valence-electron chi connectivity index (χ2n) is 6.42. The third-order valence-corrected chi connectivity index (χ3v) is 4.22. The van der Waals surface area contributed by atoms with Gasteiger partial charge in [-0.05, 0) is 51.7 Å². The molecule has 1 saturated carbocycles. The van der Waals surface area contributed by atoms with Crippen LogP contribution in [0.1, 0.15) is 38.2 Å². The highest BCUT2D eigenvalue weighted by Gasteiger charge is 2.37. The van der Waals surface area contributed by atoms with Crippen LogP contribution in [-0.2, 0) is 4.79 Å². The van der Waals surface area contributed by atoms with Crippen LogP contribution in [0.15, 0.2) is 24.3 Å². The first-order valence-corrected chi connectivity index (χ1v) is 7.69. The predicted octanol–water partition coefficient (Wildman–Crippen LogP) is 2.81. The summed E-state index contributed by atoms with van der Waals surface area (Å²) in [7, 11) is 2.05. The lowest BCUT2D eigenvalue weighted by Gasteiger charge is -2.28. The van der Waals surface area contributed by atoms with E-state index in [9.17, 15) is 9.90 Å². The normalized spacial score (nSPS) is 17.3. The summed E-state index contributed by atoms with van der Waals surface area (Å²) in [5.74, 6) is -0.743. The lowest BCUT2D eigenvalue weighted by atomic mass is 9.95. The average molecular weight is 290 g/mol. The first kappa shape index (κ1) is 15.8. The highest BCUT2D eigenvalue weighted by atomic mass is 16.4. The van der Waals surface area contributed by atoms with E-state index >= 15 is 0 Å². The van der Waals surface area contributed by atoms with Gasteiger partial charge in [0.15, 0.2) is 0 Å². The Kier molecular flexibility index (Phi) is 4.88. The summed E-state index contributed by atoms with van der Waals surface area (Å²) in [4.78, 5) is 13.7. The second kappa shape index (κ2) is 6.48. The monoisotopic (exact) mass is 290 g/mol. The van der Waals surface area contributed by atoms with Crippen LogP contribution in [0.3, 0.4) is 0 Å². The Morgan fingerprint density at radius 1 is 1.38 bits per heavy atom. The van der Waals surface area contributed by atoms with Gasteiger partial charge in [-0.25, -0.2) is 0 Å². The van der Waals surface area contributed by atoms with Crippen molar-refractivity contribution in [3.05, 3.63) is 29.8 Å². The van der Waals surface area contributed by atoms with Gasteiger partial charge in [-0.15, -0.1) is 0 Å². The SMILES string of the molecule is Cc1ccc(N(C)CCCC(C)(NC2CC2)C(=O)O)cc1. The van der Waals surface area contributed by atoms with E-state index in [-0.39, 0.29) is 0 Å². The Labute approximate surface area is 127 Å². The minimum Gasteiger partial charge on any atom is -0.480 e. The topological polar surface area (TPSA) is 52.6 Å². The highest BCUT2D eigenvalue weighted by Crippen LogP contribution is 2.25. The summed E-state index contributed by atoms with van der Waals surface area (Å²) in [5, 5.41) is 12.7. The molecule has 0 bridgehead atoms. The molecule has 1 fully saturated rings. The van der Waals surface area contributed by atoms with E-state index in [1.165, 1.54) is 11.3 Å². The maximum atomic E-state index is 11.5. The van der Waals surface area contributed by atoms with Crippen LogP contribution in [0.5, 0.6) is 0 Å². The quantitative estimate of drug-likeness (QED) is 0.773. The van der Waals surface area contributed by atoms with Gasteiger partial charge in [-0.2, -0.15) is 0 Å². The Bertz CT molecular complexity index is 482. The molecule has 21 heavy (non-hydrogen) atoms. The number of anilines is 1. The molecule has 4 heteroatoms. The predicted molar refractivity (Wildman–Crippen MR) is 85.9 cm³/mol. The first-order valence-electron chi connectivity index (χ1n) is 7.69. The largest absolute Gasteiger partial charge is 0.480 e. The molecule has 1 aromatic carbocycles. The van der Waals surface area contributed by atoms with Crippen molar-refractivity contribution in [2.75, 3.05) is 18.5 Å². The van der Waals surface area contributed by atoms with Crippen LogP contribution in [0.2, 0.25) is 0 Å². The highest BCUT2D eigenvalue weighted by molar-refractivity contribution is 5.78. The standard InChI is InChI=1S/C17H26N2O2/c1-13-5-9-15(10-6-13)19(3)12-4-11-17(2,16(20)21)18-14-7-8-14/h5-6,9-10,14,18H,4,7-8,11-12H2,1-3H3,(H,20,21). The number of carboxylic acid groups (broad SMARTS) is 1. The van der Waals surface area contributed by atoms with Crippen molar-refractivity contribution in [2.24, 2.45) is 0 Å². The van der Waals surface area contributed by atoms with Gasteiger partial charge in [0.25, 0.3) is 0 Å². The fourth-order valence-corrected chi connectivity index (χ4v) is 2.52. The molecule has 1 aromatic rings. The first-order chi connectivity index (χ1) is 9.90. The van der Waals surface area contributed by atoms with E-state index in [1.807, 2.05) is 0 Å². The van der Waals surface area contributed by atoms with Gasteiger partial charge >= 0.3 is 5.97 Å². The molecule has 0 amide bonds.